The molecule has 2 N–H and O–H groups in total. The Hall–Kier alpha value is -1.00. The molecule has 2 rings (SSSR count). The van der Waals surface area contributed by atoms with Gasteiger partial charge in [0.1, 0.15) is 0 Å². The van der Waals surface area contributed by atoms with Crippen LogP contribution in [0.3, 0.4) is 0 Å². The number of thioether (sulfide) groups is 1. The van der Waals surface area contributed by atoms with E-state index in [0.717, 1.165) is 38.0 Å². The molecule has 1 aliphatic rings. The molecule has 1 aliphatic heterocycles. The standard InChI is InChI=1S/C16H24N2OS/c1-4-16(5-2,20-3)11-18-15(19)12-6-7-13-9-17-10-14(13)8-12/h6-8,17H,4-5,9-11H2,1-3H3,(H,18,19). The third-order valence-electron chi connectivity index (χ3n) is 4.39. The number of benzene rings is 1. The Balaban J connectivity index is 2.02. The summed E-state index contributed by atoms with van der Waals surface area (Å²) in [4.78, 5) is 12.3. The molecule has 1 aromatic rings. The second-order valence-corrected chi connectivity index (χ2v) is 6.64. The van der Waals surface area contributed by atoms with E-state index in [2.05, 4.69) is 36.8 Å². The van der Waals surface area contributed by atoms with Gasteiger partial charge in [0.2, 0.25) is 0 Å². The summed E-state index contributed by atoms with van der Waals surface area (Å²) in [7, 11) is 0. The van der Waals surface area contributed by atoms with E-state index in [9.17, 15) is 4.79 Å². The predicted molar refractivity (Wildman–Crippen MR) is 86.1 cm³/mol. The fourth-order valence-electron chi connectivity index (χ4n) is 2.64. The molecule has 110 valence electrons. The second kappa shape index (κ2) is 6.64. The van der Waals surface area contributed by atoms with Gasteiger partial charge in [0.25, 0.3) is 5.91 Å². The molecule has 0 bridgehead atoms. The molecule has 0 atom stereocenters. The summed E-state index contributed by atoms with van der Waals surface area (Å²) < 4.78 is 0.161. The summed E-state index contributed by atoms with van der Waals surface area (Å²) in [6, 6.07) is 6.01. The van der Waals surface area contributed by atoms with E-state index < -0.39 is 0 Å². The molecule has 3 nitrogen and oxygen atoms in total. The molecule has 0 unspecified atom stereocenters. The number of amides is 1. The molecule has 0 radical (unpaired) electrons. The maximum Gasteiger partial charge on any atom is 0.251 e. The number of rotatable bonds is 6. The first kappa shape index (κ1) is 15.4. The average molecular weight is 292 g/mol. The molecule has 0 aliphatic carbocycles. The van der Waals surface area contributed by atoms with Crippen molar-refractivity contribution in [1.29, 1.82) is 0 Å². The molecule has 4 heteroatoms. The van der Waals surface area contributed by atoms with Crippen LogP contribution in [0, 0.1) is 0 Å². The number of fused-ring (bicyclic) bond motifs is 1. The SMILES string of the molecule is CCC(CC)(CNC(=O)c1ccc2c(c1)CNC2)SC. The van der Waals surface area contributed by atoms with Crippen molar-refractivity contribution in [1.82, 2.24) is 10.6 Å². The zero-order chi connectivity index (χ0) is 14.6. The average Bonchev–Trinajstić information content (AvgIpc) is 2.96. The minimum atomic E-state index is 0.0417. The highest BCUT2D eigenvalue weighted by Crippen LogP contribution is 2.29. The van der Waals surface area contributed by atoms with E-state index in [1.165, 1.54) is 11.1 Å². The van der Waals surface area contributed by atoms with E-state index in [1.807, 2.05) is 23.9 Å². The van der Waals surface area contributed by atoms with Crippen molar-refractivity contribution in [3.05, 3.63) is 34.9 Å². The normalized spacial score (nSPS) is 14.2. The molecule has 20 heavy (non-hydrogen) atoms. The monoisotopic (exact) mass is 292 g/mol. The summed E-state index contributed by atoms with van der Waals surface area (Å²) >= 11 is 1.85. The van der Waals surface area contributed by atoms with Gasteiger partial charge in [0.15, 0.2) is 0 Å². The van der Waals surface area contributed by atoms with Crippen molar-refractivity contribution >= 4 is 17.7 Å². The van der Waals surface area contributed by atoms with E-state index in [1.54, 1.807) is 0 Å². The minimum absolute atomic E-state index is 0.0417. The highest BCUT2D eigenvalue weighted by molar-refractivity contribution is 8.00. The summed E-state index contributed by atoms with van der Waals surface area (Å²) in [5.41, 5.74) is 3.33. The van der Waals surface area contributed by atoms with Gasteiger partial charge in [0.05, 0.1) is 0 Å². The molecular weight excluding hydrogens is 268 g/mol. The van der Waals surface area contributed by atoms with Crippen LogP contribution in [0.4, 0.5) is 0 Å². The van der Waals surface area contributed by atoms with Crippen molar-refractivity contribution in [3.63, 3.8) is 0 Å². The van der Waals surface area contributed by atoms with Gasteiger partial charge < -0.3 is 10.6 Å². The number of hydrogen-bond donors (Lipinski definition) is 2. The Kier molecular flexibility index (Phi) is 5.11. The van der Waals surface area contributed by atoms with Gasteiger partial charge in [-0.2, -0.15) is 11.8 Å². The second-order valence-electron chi connectivity index (χ2n) is 5.36. The maximum absolute atomic E-state index is 12.3. The lowest BCUT2D eigenvalue weighted by Crippen LogP contribution is -2.39. The predicted octanol–water partition coefficient (Wildman–Crippen LogP) is 2.94. The molecular formula is C16H24N2OS. The van der Waals surface area contributed by atoms with E-state index in [4.69, 9.17) is 0 Å². The highest BCUT2D eigenvalue weighted by Gasteiger charge is 2.25. The molecule has 0 fully saturated rings. The van der Waals surface area contributed by atoms with E-state index in [0.29, 0.717) is 0 Å². The lowest BCUT2D eigenvalue weighted by molar-refractivity contribution is 0.0949. The maximum atomic E-state index is 12.3. The van der Waals surface area contributed by atoms with Crippen molar-refractivity contribution in [2.24, 2.45) is 0 Å². The van der Waals surface area contributed by atoms with Gasteiger partial charge in [-0.05, 0) is 42.4 Å². The largest absolute Gasteiger partial charge is 0.351 e. The van der Waals surface area contributed by atoms with Crippen LogP contribution in [-0.4, -0.2) is 23.5 Å². The Labute approximate surface area is 125 Å². The van der Waals surface area contributed by atoms with Gasteiger partial charge in [-0.15, -0.1) is 0 Å². The minimum Gasteiger partial charge on any atom is -0.351 e. The zero-order valence-corrected chi connectivity index (χ0v) is 13.4. The van der Waals surface area contributed by atoms with Gasteiger partial charge in [-0.25, -0.2) is 0 Å². The summed E-state index contributed by atoms with van der Waals surface area (Å²) in [5.74, 6) is 0.0417. The quantitative estimate of drug-likeness (QED) is 0.847. The van der Waals surface area contributed by atoms with Gasteiger partial charge in [-0.1, -0.05) is 19.9 Å². The van der Waals surface area contributed by atoms with Crippen molar-refractivity contribution in [2.45, 2.75) is 44.5 Å². The van der Waals surface area contributed by atoms with Crippen molar-refractivity contribution in [3.8, 4) is 0 Å². The number of nitrogens with one attached hydrogen (secondary N) is 2. The van der Waals surface area contributed by atoms with Crippen LogP contribution >= 0.6 is 11.8 Å². The van der Waals surface area contributed by atoms with Crippen LogP contribution < -0.4 is 10.6 Å². The summed E-state index contributed by atoms with van der Waals surface area (Å²) in [6.07, 6.45) is 4.26. The third-order valence-corrected chi connectivity index (χ3v) is 5.98. The van der Waals surface area contributed by atoms with Gasteiger partial charge >= 0.3 is 0 Å². The third kappa shape index (κ3) is 3.18. The molecule has 0 spiro atoms. The molecule has 1 aromatic carbocycles. The number of carbonyl (C=O) groups excluding carboxylic acids is 1. The molecule has 1 amide bonds. The fraction of sp³-hybridized carbons (Fsp3) is 0.562. The van der Waals surface area contributed by atoms with E-state index >= 15 is 0 Å². The molecule has 1 heterocycles. The molecule has 0 aromatic heterocycles. The molecule has 0 saturated carbocycles. The Morgan fingerprint density at radius 3 is 2.65 bits per heavy atom. The van der Waals surface area contributed by atoms with Crippen LogP contribution in [0.2, 0.25) is 0 Å². The van der Waals surface area contributed by atoms with E-state index in [-0.39, 0.29) is 10.7 Å². The van der Waals surface area contributed by atoms with Crippen LogP contribution in [0.1, 0.15) is 48.2 Å². The Morgan fingerprint density at radius 1 is 1.30 bits per heavy atom. The number of carbonyl (C=O) groups is 1. The van der Waals surface area contributed by atoms with Crippen LogP contribution in [0.25, 0.3) is 0 Å². The topological polar surface area (TPSA) is 41.1 Å². The lowest BCUT2D eigenvalue weighted by Gasteiger charge is -2.29. The zero-order valence-electron chi connectivity index (χ0n) is 12.6. The summed E-state index contributed by atoms with van der Waals surface area (Å²) in [5, 5.41) is 6.41. The number of hydrogen-bond acceptors (Lipinski definition) is 3. The molecule has 0 saturated heterocycles. The summed E-state index contributed by atoms with van der Waals surface area (Å²) in [6.45, 7) is 6.89. The first-order valence-corrected chi connectivity index (χ1v) is 8.52. The van der Waals surface area contributed by atoms with Crippen LogP contribution in [0.5, 0.6) is 0 Å². The van der Waals surface area contributed by atoms with Crippen LogP contribution in [-0.2, 0) is 13.1 Å². The van der Waals surface area contributed by atoms with Crippen molar-refractivity contribution < 1.29 is 4.79 Å². The van der Waals surface area contributed by atoms with Gasteiger partial charge in [-0.3, -0.25) is 4.79 Å². The first-order valence-electron chi connectivity index (χ1n) is 7.30. The lowest BCUT2D eigenvalue weighted by atomic mass is 10.0. The van der Waals surface area contributed by atoms with Crippen molar-refractivity contribution in [2.75, 3.05) is 12.8 Å². The van der Waals surface area contributed by atoms with Gasteiger partial charge in [0, 0.05) is 29.9 Å². The fourth-order valence-corrected chi connectivity index (χ4v) is 3.43. The van der Waals surface area contributed by atoms with Crippen LogP contribution in [0.15, 0.2) is 18.2 Å². The Bertz CT molecular complexity index is 475. The smallest absolute Gasteiger partial charge is 0.251 e. The Morgan fingerprint density at radius 2 is 2.00 bits per heavy atom. The first-order chi connectivity index (χ1) is 9.64. The highest BCUT2D eigenvalue weighted by atomic mass is 32.2.